The summed E-state index contributed by atoms with van der Waals surface area (Å²) in [7, 11) is 3.12. The van der Waals surface area contributed by atoms with Gasteiger partial charge in [0.15, 0.2) is 0 Å². The van der Waals surface area contributed by atoms with E-state index in [0.29, 0.717) is 0 Å². The normalized spacial score (nSPS) is 12.9. The van der Waals surface area contributed by atoms with Gasteiger partial charge in [0.2, 0.25) is 11.8 Å². The van der Waals surface area contributed by atoms with Crippen LogP contribution in [-0.4, -0.2) is 61.4 Å². The van der Waals surface area contributed by atoms with Gasteiger partial charge in [-0.2, -0.15) is 0 Å². The van der Waals surface area contributed by atoms with E-state index >= 15 is 0 Å². The summed E-state index contributed by atoms with van der Waals surface area (Å²) in [6, 6.07) is -0.473. The summed E-state index contributed by atoms with van der Waals surface area (Å²) < 4.78 is 10.1. The van der Waals surface area contributed by atoms with Gasteiger partial charge in [0.1, 0.15) is 11.2 Å². The van der Waals surface area contributed by atoms with E-state index in [0.717, 1.165) is 0 Å². The lowest BCUT2D eigenvalue weighted by Crippen LogP contribution is -2.39. The predicted molar refractivity (Wildman–Crippen MR) is 115 cm³/mol. The summed E-state index contributed by atoms with van der Waals surface area (Å²) in [5, 5.41) is 10.1. The van der Waals surface area contributed by atoms with Crippen LogP contribution in [0.4, 0.5) is 9.59 Å². The molecule has 10 nitrogen and oxygen atoms in total. The molecule has 30 heavy (non-hydrogen) atoms. The van der Waals surface area contributed by atoms with Crippen LogP contribution in [0.5, 0.6) is 0 Å². The van der Waals surface area contributed by atoms with Crippen LogP contribution < -0.4 is 21.3 Å². The van der Waals surface area contributed by atoms with Gasteiger partial charge in [0.25, 0.3) is 0 Å². The lowest BCUT2D eigenvalue weighted by atomic mass is 10.2. The molecule has 0 bridgehead atoms. The first-order chi connectivity index (χ1) is 13.5. The van der Waals surface area contributed by atoms with Gasteiger partial charge in [-0.1, -0.05) is 0 Å². The molecule has 0 aliphatic carbocycles. The molecule has 0 spiro atoms. The van der Waals surface area contributed by atoms with Crippen LogP contribution in [0.3, 0.4) is 0 Å². The van der Waals surface area contributed by atoms with Crippen molar-refractivity contribution in [3.63, 3.8) is 0 Å². The number of hydrogen-bond acceptors (Lipinski definition) is 6. The number of alkyl carbamates (subject to hydrolysis) is 2. The van der Waals surface area contributed by atoms with Crippen molar-refractivity contribution < 1.29 is 28.7 Å². The molecule has 0 saturated carbocycles. The van der Waals surface area contributed by atoms with E-state index in [1.807, 2.05) is 0 Å². The highest BCUT2D eigenvalue weighted by Gasteiger charge is 2.19. The fraction of sp³-hybridized carbons (Fsp3) is 0.800. The van der Waals surface area contributed by atoms with Gasteiger partial charge in [-0.3, -0.25) is 9.59 Å². The Hall–Kier alpha value is -2.52. The second kappa shape index (κ2) is 13.7. The Balaban J connectivity index is 0. The number of carbonyl (C=O) groups excluding carboxylic acids is 4. The lowest BCUT2D eigenvalue weighted by Gasteiger charge is -2.21. The number of carbonyl (C=O) groups is 4. The van der Waals surface area contributed by atoms with E-state index in [1.54, 1.807) is 69.5 Å². The van der Waals surface area contributed by atoms with Crippen molar-refractivity contribution in [2.45, 2.75) is 91.5 Å². The van der Waals surface area contributed by atoms with Gasteiger partial charge < -0.3 is 30.7 Å². The van der Waals surface area contributed by atoms with Gasteiger partial charge in [0.05, 0.1) is 0 Å². The fourth-order valence-corrected chi connectivity index (χ4v) is 1.88. The standard InChI is InChI=1S/2C10H20N2O3/c2*1-7(6-8(13)11-5)12-9(14)15-10(2,3)4/h2*7H,6H2,1-5H3,(H,11,13)(H,12,14)/t2*7-/m00/s1. The smallest absolute Gasteiger partial charge is 0.407 e. The Labute approximate surface area is 180 Å². The van der Waals surface area contributed by atoms with E-state index in [2.05, 4.69) is 21.3 Å². The molecular formula is C20H40N4O6. The van der Waals surface area contributed by atoms with E-state index in [-0.39, 0.29) is 36.7 Å². The summed E-state index contributed by atoms with van der Waals surface area (Å²) >= 11 is 0. The number of nitrogens with one attached hydrogen (secondary N) is 4. The van der Waals surface area contributed by atoms with Crippen LogP contribution in [0, 0.1) is 0 Å². The maximum Gasteiger partial charge on any atom is 0.407 e. The molecule has 0 aliphatic rings. The largest absolute Gasteiger partial charge is 0.444 e. The number of amides is 4. The molecule has 0 aromatic heterocycles. The highest BCUT2D eigenvalue weighted by atomic mass is 16.6. The third-order valence-electron chi connectivity index (χ3n) is 3.07. The van der Waals surface area contributed by atoms with E-state index in [1.165, 1.54) is 0 Å². The molecule has 10 heteroatoms. The zero-order valence-electron chi connectivity index (χ0n) is 20.0. The minimum Gasteiger partial charge on any atom is -0.444 e. The summed E-state index contributed by atoms with van der Waals surface area (Å²) in [4.78, 5) is 44.5. The Bertz CT molecular complexity index is 517. The lowest BCUT2D eigenvalue weighted by molar-refractivity contribution is -0.121. The van der Waals surface area contributed by atoms with E-state index < -0.39 is 23.4 Å². The third kappa shape index (κ3) is 20.2. The molecule has 0 rings (SSSR count). The number of ether oxygens (including phenoxy) is 2. The van der Waals surface area contributed by atoms with Gasteiger partial charge in [-0.15, -0.1) is 0 Å². The molecule has 0 radical (unpaired) electrons. The summed E-state index contributed by atoms with van der Waals surface area (Å²) in [6.45, 7) is 14.2. The zero-order valence-corrected chi connectivity index (χ0v) is 20.0. The van der Waals surface area contributed by atoms with Crippen LogP contribution in [0.15, 0.2) is 0 Å². The third-order valence-corrected chi connectivity index (χ3v) is 3.07. The first kappa shape index (κ1) is 29.7. The van der Waals surface area contributed by atoms with Crippen LogP contribution in [0.1, 0.15) is 68.2 Å². The van der Waals surface area contributed by atoms with Gasteiger partial charge in [-0.05, 0) is 55.4 Å². The minimum atomic E-state index is -0.517. The van der Waals surface area contributed by atoms with Crippen molar-refractivity contribution in [1.29, 1.82) is 0 Å². The molecular weight excluding hydrogens is 392 g/mol. The van der Waals surface area contributed by atoms with Crippen LogP contribution in [-0.2, 0) is 19.1 Å². The van der Waals surface area contributed by atoms with E-state index in [9.17, 15) is 19.2 Å². The van der Waals surface area contributed by atoms with Gasteiger partial charge in [-0.25, -0.2) is 9.59 Å². The fourth-order valence-electron chi connectivity index (χ4n) is 1.88. The second-order valence-corrected chi connectivity index (χ2v) is 8.85. The Morgan fingerprint density at radius 2 is 0.933 bits per heavy atom. The quantitative estimate of drug-likeness (QED) is 0.507. The van der Waals surface area contributed by atoms with Crippen molar-refractivity contribution in [2.24, 2.45) is 0 Å². The molecule has 0 saturated heterocycles. The van der Waals surface area contributed by atoms with Crippen molar-refractivity contribution in [3.8, 4) is 0 Å². The summed E-state index contributed by atoms with van der Waals surface area (Å²) in [5.74, 6) is -0.225. The Morgan fingerprint density at radius 3 is 1.13 bits per heavy atom. The second-order valence-electron chi connectivity index (χ2n) is 8.85. The highest BCUT2D eigenvalue weighted by molar-refractivity contribution is 5.77. The average Bonchev–Trinajstić information content (AvgIpc) is 2.50. The first-order valence-electron chi connectivity index (χ1n) is 9.89. The van der Waals surface area contributed by atoms with Gasteiger partial charge in [0, 0.05) is 39.0 Å². The summed E-state index contributed by atoms with van der Waals surface area (Å²) in [5.41, 5.74) is -1.03. The first-order valence-corrected chi connectivity index (χ1v) is 9.89. The molecule has 176 valence electrons. The SMILES string of the molecule is CNC(=O)C[C@H](C)NC(=O)OC(C)(C)C.CNC(=O)C[C@H](C)NC(=O)OC(C)(C)C. The van der Waals surface area contributed by atoms with Gasteiger partial charge >= 0.3 is 12.2 Å². The molecule has 0 aromatic carbocycles. The molecule has 0 fully saturated rings. The van der Waals surface area contributed by atoms with Crippen molar-refractivity contribution in [3.05, 3.63) is 0 Å². The zero-order chi connectivity index (χ0) is 24.1. The van der Waals surface area contributed by atoms with Crippen LogP contribution >= 0.6 is 0 Å². The molecule has 2 atom stereocenters. The molecule has 0 heterocycles. The molecule has 0 aliphatic heterocycles. The Kier molecular flexibility index (Phi) is 13.5. The number of hydrogen-bond donors (Lipinski definition) is 4. The van der Waals surface area contributed by atoms with Crippen LogP contribution in [0.2, 0.25) is 0 Å². The van der Waals surface area contributed by atoms with Crippen molar-refractivity contribution >= 4 is 24.0 Å². The molecule has 4 amide bonds. The van der Waals surface area contributed by atoms with Crippen molar-refractivity contribution in [2.75, 3.05) is 14.1 Å². The maximum atomic E-state index is 11.3. The van der Waals surface area contributed by atoms with Crippen molar-refractivity contribution in [1.82, 2.24) is 21.3 Å². The molecule has 4 N–H and O–H groups in total. The Morgan fingerprint density at radius 1 is 0.667 bits per heavy atom. The maximum absolute atomic E-state index is 11.3. The average molecular weight is 433 g/mol. The summed E-state index contributed by atoms with van der Waals surface area (Å²) in [6.07, 6.45) is -0.510. The predicted octanol–water partition coefficient (Wildman–Crippen LogP) is 2.07. The topological polar surface area (TPSA) is 135 Å². The molecule has 0 aromatic rings. The minimum absolute atomic E-state index is 0.112. The van der Waals surface area contributed by atoms with E-state index in [4.69, 9.17) is 9.47 Å². The number of rotatable bonds is 6. The monoisotopic (exact) mass is 432 g/mol. The molecule has 0 unspecified atom stereocenters. The highest BCUT2D eigenvalue weighted by Crippen LogP contribution is 2.07. The van der Waals surface area contributed by atoms with Crippen LogP contribution in [0.25, 0.3) is 0 Å².